The molecule has 1 aliphatic rings. The highest BCUT2D eigenvalue weighted by molar-refractivity contribution is 9.10. The molecule has 0 radical (unpaired) electrons. The minimum Gasteiger partial charge on any atom is -0.340 e. The van der Waals surface area contributed by atoms with Crippen molar-refractivity contribution in [2.75, 3.05) is 4.90 Å². The van der Waals surface area contributed by atoms with E-state index in [2.05, 4.69) is 21.2 Å². The maximum Gasteiger partial charge on any atom is 0.252 e. The summed E-state index contributed by atoms with van der Waals surface area (Å²) in [6.07, 6.45) is 0. The number of halogens is 2. The fourth-order valence-electron chi connectivity index (χ4n) is 2.51. The van der Waals surface area contributed by atoms with E-state index in [0.29, 0.717) is 10.7 Å². The van der Waals surface area contributed by atoms with Crippen molar-refractivity contribution < 1.29 is 9.59 Å². The molecule has 1 unspecified atom stereocenters. The summed E-state index contributed by atoms with van der Waals surface area (Å²) < 4.78 is 0.733. The van der Waals surface area contributed by atoms with Crippen molar-refractivity contribution in [1.82, 2.24) is 5.32 Å². The summed E-state index contributed by atoms with van der Waals surface area (Å²) in [6, 6.07) is 4.66. The Morgan fingerprint density at radius 3 is 2.52 bits per heavy atom. The van der Waals surface area contributed by atoms with Crippen molar-refractivity contribution in [3.8, 4) is 0 Å². The topological polar surface area (TPSA) is 49.4 Å². The van der Waals surface area contributed by atoms with Gasteiger partial charge in [0.15, 0.2) is 0 Å². The Balaban J connectivity index is 2.61. The van der Waals surface area contributed by atoms with Gasteiger partial charge < -0.3 is 5.32 Å². The van der Waals surface area contributed by atoms with Crippen LogP contribution in [0.5, 0.6) is 0 Å². The molecule has 1 aromatic carbocycles. The van der Waals surface area contributed by atoms with Crippen molar-refractivity contribution in [2.45, 2.75) is 39.3 Å². The van der Waals surface area contributed by atoms with E-state index in [1.807, 2.05) is 13.8 Å². The maximum absolute atomic E-state index is 12.8. The van der Waals surface area contributed by atoms with E-state index in [0.717, 1.165) is 4.47 Å². The van der Waals surface area contributed by atoms with Gasteiger partial charge in [-0.15, -0.1) is 0 Å². The highest BCUT2D eigenvalue weighted by Crippen LogP contribution is 2.35. The molecule has 2 amide bonds. The molecule has 0 saturated carbocycles. The Hall–Kier alpha value is -1.07. The van der Waals surface area contributed by atoms with E-state index < -0.39 is 11.6 Å². The van der Waals surface area contributed by atoms with Gasteiger partial charge in [-0.2, -0.15) is 0 Å². The molecule has 4 nitrogen and oxygen atoms in total. The first-order chi connectivity index (χ1) is 9.65. The lowest BCUT2D eigenvalue weighted by atomic mass is 9.91. The SMILES string of the molecule is CC(C)C1C(=O)NC(C)(C)C(=O)N1c1cc(Cl)ccc1Br. The molecule has 1 heterocycles. The van der Waals surface area contributed by atoms with E-state index >= 15 is 0 Å². The van der Waals surface area contributed by atoms with Gasteiger partial charge in [0.2, 0.25) is 5.91 Å². The molecule has 2 rings (SSSR count). The number of nitrogens with zero attached hydrogens (tertiary/aromatic N) is 1. The molecule has 0 spiro atoms. The van der Waals surface area contributed by atoms with E-state index in [1.165, 1.54) is 0 Å². The zero-order valence-corrected chi connectivity index (χ0v) is 14.7. The van der Waals surface area contributed by atoms with Gasteiger partial charge in [0.1, 0.15) is 11.6 Å². The van der Waals surface area contributed by atoms with E-state index in [4.69, 9.17) is 11.6 Å². The van der Waals surface area contributed by atoms with Crippen LogP contribution in [0.3, 0.4) is 0 Å². The number of nitrogens with one attached hydrogen (secondary N) is 1. The minimum absolute atomic E-state index is 0.0177. The fourth-order valence-corrected chi connectivity index (χ4v) is 3.11. The molecule has 1 aliphatic heterocycles. The number of anilines is 1. The van der Waals surface area contributed by atoms with Crippen LogP contribution in [0.25, 0.3) is 0 Å². The summed E-state index contributed by atoms with van der Waals surface area (Å²) in [7, 11) is 0. The van der Waals surface area contributed by atoms with Gasteiger partial charge in [-0.1, -0.05) is 25.4 Å². The lowest BCUT2D eigenvalue weighted by molar-refractivity contribution is -0.138. The largest absolute Gasteiger partial charge is 0.340 e. The van der Waals surface area contributed by atoms with Crippen LogP contribution in [-0.2, 0) is 9.59 Å². The summed E-state index contributed by atoms with van der Waals surface area (Å²) in [5.41, 5.74) is -0.321. The monoisotopic (exact) mass is 372 g/mol. The standard InChI is InChI=1S/C15H18BrClN2O2/c1-8(2)12-13(20)18-15(3,4)14(21)19(12)11-7-9(17)5-6-10(11)16/h5-8,12H,1-4H3,(H,18,20). The molecule has 1 atom stereocenters. The normalized spacial score (nSPS) is 21.7. The molecular formula is C15H18BrClN2O2. The van der Waals surface area contributed by atoms with Gasteiger partial charge >= 0.3 is 0 Å². The van der Waals surface area contributed by atoms with Gasteiger partial charge in [0.25, 0.3) is 5.91 Å². The third kappa shape index (κ3) is 2.94. The zero-order valence-electron chi connectivity index (χ0n) is 12.4. The number of hydrogen-bond donors (Lipinski definition) is 1. The van der Waals surface area contributed by atoms with Gasteiger partial charge in [-0.3, -0.25) is 14.5 Å². The first-order valence-electron chi connectivity index (χ1n) is 6.76. The van der Waals surface area contributed by atoms with Crippen LogP contribution in [0.1, 0.15) is 27.7 Å². The van der Waals surface area contributed by atoms with E-state index in [1.54, 1.807) is 36.9 Å². The molecule has 1 fully saturated rings. The number of benzene rings is 1. The summed E-state index contributed by atoms with van der Waals surface area (Å²) >= 11 is 9.50. The van der Waals surface area contributed by atoms with Gasteiger partial charge in [-0.05, 0) is 53.9 Å². The van der Waals surface area contributed by atoms with Gasteiger partial charge in [-0.25, -0.2) is 0 Å². The number of amides is 2. The van der Waals surface area contributed by atoms with Gasteiger partial charge in [0.05, 0.1) is 5.69 Å². The third-order valence-corrected chi connectivity index (χ3v) is 4.44. The second kappa shape index (κ2) is 5.61. The van der Waals surface area contributed by atoms with Crippen molar-refractivity contribution in [2.24, 2.45) is 5.92 Å². The van der Waals surface area contributed by atoms with Crippen LogP contribution in [0.2, 0.25) is 5.02 Å². The smallest absolute Gasteiger partial charge is 0.252 e. The van der Waals surface area contributed by atoms with Crippen LogP contribution in [-0.4, -0.2) is 23.4 Å². The van der Waals surface area contributed by atoms with E-state index in [-0.39, 0.29) is 17.7 Å². The van der Waals surface area contributed by atoms with Crippen molar-refractivity contribution in [3.05, 3.63) is 27.7 Å². The second-order valence-electron chi connectivity index (χ2n) is 6.07. The number of hydrogen-bond acceptors (Lipinski definition) is 2. The average molecular weight is 374 g/mol. The number of carbonyl (C=O) groups is 2. The second-order valence-corrected chi connectivity index (χ2v) is 7.36. The highest BCUT2D eigenvalue weighted by atomic mass is 79.9. The summed E-state index contributed by atoms with van der Waals surface area (Å²) in [4.78, 5) is 26.8. The Labute approximate surface area is 138 Å². The summed E-state index contributed by atoms with van der Waals surface area (Å²) in [5, 5.41) is 3.31. The number of piperazine rings is 1. The van der Waals surface area contributed by atoms with Crippen LogP contribution in [0.4, 0.5) is 5.69 Å². The van der Waals surface area contributed by atoms with Crippen LogP contribution < -0.4 is 10.2 Å². The number of carbonyl (C=O) groups excluding carboxylic acids is 2. The molecular weight excluding hydrogens is 356 g/mol. The van der Waals surface area contributed by atoms with E-state index in [9.17, 15) is 9.59 Å². The number of rotatable bonds is 2. The quantitative estimate of drug-likeness (QED) is 0.864. The van der Waals surface area contributed by atoms with Gasteiger partial charge in [0, 0.05) is 9.50 Å². The van der Waals surface area contributed by atoms with Crippen LogP contribution in [0, 0.1) is 5.92 Å². The summed E-state index contributed by atoms with van der Waals surface area (Å²) in [6.45, 7) is 7.24. The zero-order chi connectivity index (χ0) is 15.9. The van der Waals surface area contributed by atoms with Crippen molar-refractivity contribution >= 4 is 45.0 Å². The predicted octanol–water partition coefficient (Wildman–Crippen LogP) is 3.37. The Morgan fingerprint density at radius 1 is 1.33 bits per heavy atom. The molecule has 0 aromatic heterocycles. The predicted molar refractivity (Wildman–Crippen MR) is 87.5 cm³/mol. The summed E-state index contributed by atoms with van der Waals surface area (Å²) in [5.74, 6) is -0.318. The molecule has 1 N–H and O–H groups in total. The first kappa shape index (κ1) is 16.3. The Kier molecular flexibility index (Phi) is 4.36. The lowest BCUT2D eigenvalue weighted by Gasteiger charge is -2.44. The molecule has 6 heteroatoms. The molecule has 21 heavy (non-hydrogen) atoms. The van der Waals surface area contributed by atoms with Crippen molar-refractivity contribution in [3.63, 3.8) is 0 Å². The van der Waals surface area contributed by atoms with Crippen molar-refractivity contribution in [1.29, 1.82) is 0 Å². The first-order valence-corrected chi connectivity index (χ1v) is 7.93. The third-order valence-electron chi connectivity index (χ3n) is 3.54. The Bertz CT molecular complexity index is 601. The maximum atomic E-state index is 12.8. The molecule has 0 aliphatic carbocycles. The van der Waals surface area contributed by atoms with Crippen LogP contribution in [0.15, 0.2) is 22.7 Å². The average Bonchev–Trinajstić information content (AvgIpc) is 2.35. The molecule has 1 saturated heterocycles. The van der Waals surface area contributed by atoms with Crippen LogP contribution >= 0.6 is 27.5 Å². The fraction of sp³-hybridized carbons (Fsp3) is 0.467. The molecule has 1 aromatic rings. The minimum atomic E-state index is -0.940. The molecule has 0 bridgehead atoms. The Morgan fingerprint density at radius 2 is 1.95 bits per heavy atom. The molecule has 114 valence electrons. The highest BCUT2D eigenvalue weighted by Gasteiger charge is 2.47. The lowest BCUT2D eigenvalue weighted by Crippen LogP contribution is -2.69.